The quantitative estimate of drug-likeness (QED) is 0.740. The minimum Gasteiger partial charge on any atom is -0.327 e. The third-order valence-electron chi connectivity index (χ3n) is 3.05. The highest BCUT2D eigenvalue weighted by Crippen LogP contribution is 2.24. The lowest BCUT2D eigenvalue weighted by Crippen LogP contribution is -2.26. The molecule has 2 aromatic carbocycles. The van der Waals surface area contributed by atoms with Crippen molar-refractivity contribution in [1.82, 2.24) is 0 Å². The summed E-state index contributed by atoms with van der Waals surface area (Å²) < 4.78 is 28.8. The first-order valence-corrected chi connectivity index (χ1v) is 7.69. The lowest BCUT2D eigenvalue weighted by atomic mass is 9.99. The highest BCUT2D eigenvalue weighted by atomic mass is 79.9. The minimum absolute atomic E-state index is 0.0268. The molecule has 0 aliphatic rings. The molecule has 0 bridgehead atoms. The van der Waals surface area contributed by atoms with Gasteiger partial charge in [-0.1, -0.05) is 34.1 Å². The highest BCUT2D eigenvalue weighted by molar-refractivity contribution is 9.10. The molecule has 1 unspecified atom stereocenters. The molecule has 0 heterocycles. The highest BCUT2D eigenvalue weighted by Gasteiger charge is 2.16. The van der Waals surface area contributed by atoms with Gasteiger partial charge in [-0.05, 0) is 52.5 Å². The predicted octanol–water partition coefficient (Wildman–Crippen LogP) is 4.60. The Balaban J connectivity index is 2.15. The zero-order valence-electron chi connectivity index (χ0n) is 10.5. The maximum absolute atomic E-state index is 13.9. The maximum Gasteiger partial charge on any atom is 0.143 e. The van der Waals surface area contributed by atoms with E-state index < -0.39 is 11.6 Å². The van der Waals surface area contributed by atoms with Crippen molar-refractivity contribution < 1.29 is 8.78 Å². The maximum atomic E-state index is 13.9. The molecule has 1 nitrogen and oxygen atoms in total. The van der Waals surface area contributed by atoms with Crippen LogP contribution >= 0.6 is 31.9 Å². The van der Waals surface area contributed by atoms with E-state index in [1.54, 1.807) is 0 Å². The average Bonchev–Trinajstić information content (AvgIpc) is 2.42. The van der Waals surface area contributed by atoms with Crippen molar-refractivity contribution in [2.24, 2.45) is 5.73 Å². The Hall–Kier alpha value is -0.780. The molecule has 0 fully saturated rings. The standard InChI is InChI=1S/C15H13Br2F2N/c16-12-4-2-1-3-9(12)7-10(20)8-11-14(18)6-5-13(17)15(11)19/h1-6,10H,7-8,20H2. The summed E-state index contributed by atoms with van der Waals surface area (Å²) in [6.45, 7) is 0. The van der Waals surface area contributed by atoms with Crippen LogP contribution in [0.1, 0.15) is 11.1 Å². The van der Waals surface area contributed by atoms with Gasteiger partial charge in [0.15, 0.2) is 0 Å². The van der Waals surface area contributed by atoms with Crippen LogP contribution < -0.4 is 5.73 Å². The predicted molar refractivity (Wildman–Crippen MR) is 83.6 cm³/mol. The fraction of sp³-hybridized carbons (Fsp3) is 0.200. The smallest absolute Gasteiger partial charge is 0.143 e. The first-order valence-electron chi connectivity index (χ1n) is 6.10. The van der Waals surface area contributed by atoms with Gasteiger partial charge in [0, 0.05) is 16.1 Å². The van der Waals surface area contributed by atoms with Crippen molar-refractivity contribution in [2.75, 3.05) is 0 Å². The van der Waals surface area contributed by atoms with Crippen LogP contribution in [0, 0.1) is 11.6 Å². The fourth-order valence-corrected chi connectivity index (χ4v) is 2.86. The molecular weight excluding hydrogens is 392 g/mol. The summed E-state index contributed by atoms with van der Waals surface area (Å²) in [5.74, 6) is -1.14. The molecule has 0 amide bonds. The summed E-state index contributed by atoms with van der Waals surface area (Å²) in [4.78, 5) is 0. The summed E-state index contributed by atoms with van der Waals surface area (Å²) in [5.41, 5.74) is 7.08. The van der Waals surface area contributed by atoms with E-state index in [2.05, 4.69) is 31.9 Å². The summed E-state index contributed by atoms with van der Waals surface area (Å²) in [6, 6.07) is 9.92. The van der Waals surface area contributed by atoms with Crippen molar-refractivity contribution in [3.63, 3.8) is 0 Å². The molecule has 2 rings (SSSR count). The second-order valence-corrected chi connectivity index (χ2v) is 6.29. The molecule has 0 aliphatic carbocycles. The van der Waals surface area contributed by atoms with Gasteiger partial charge < -0.3 is 5.73 Å². The Kier molecular flexibility index (Phi) is 5.29. The molecular formula is C15H13Br2F2N. The number of nitrogens with two attached hydrogens (primary N) is 1. The van der Waals surface area contributed by atoms with E-state index in [-0.39, 0.29) is 22.5 Å². The van der Waals surface area contributed by atoms with Gasteiger partial charge in [-0.15, -0.1) is 0 Å². The summed E-state index contributed by atoms with van der Waals surface area (Å²) in [5, 5.41) is 0. The monoisotopic (exact) mass is 403 g/mol. The molecule has 0 saturated heterocycles. The number of hydrogen-bond donors (Lipinski definition) is 1. The molecule has 0 saturated carbocycles. The Morgan fingerprint density at radius 2 is 1.65 bits per heavy atom. The van der Waals surface area contributed by atoms with Crippen LogP contribution in [-0.2, 0) is 12.8 Å². The van der Waals surface area contributed by atoms with Crippen molar-refractivity contribution in [1.29, 1.82) is 0 Å². The molecule has 2 N–H and O–H groups in total. The third kappa shape index (κ3) is 3.65. The average molecular weight is 405 g/mol. The van der Waals surface area contributed by atoms with E-state index in [0.29, 0.717) is 6.42 Å². The molecule has 0 aliphatic heterocycles. The van der Waals surface area contributed by atoms with Gasteiger partial charge in [0.2, 0.25) is 0 Å². The molecule has 0 aromatic heterocycles. The van der Waals surface area contributed by atoms with Gasteiger partial charge in [-0.25, -0.2) is 8.78 Å². The van der Waals surface area contributed by atoms with Gasteiger partial charge in [0.05, 0.1) is 4.47 Å². The van der Waals surface area contributed by atoms with Crippen LogP contribution in [0.2, 0.25) is 0 Å². The Labute approximate surface area is 133 Å². The van der Waals surface area contributed by atoms with Crippen molar-refractivity contribution in [3.05, 3.63) is 68.1 Å². The zero-order valence-corrected chi connectivity index (χ0v) is 13.7. The molecule has 0 spiro atoms. The van der Waals surface area contributed by atoms with Crippen LogP contribution in [0.5, 0.6) is 0 Å². The van der Waals surface area contributed by atoms with E-state index in [0.717, 1.165) is 10.0 Å². The van der Waals surface area contributed by atoms with Gasteiger partial charge in [0.1, 0.15) is 11.6 Å². The molecule has 1 atom stereocenters. The van der Waals surface area contributed by atoms with Crippen LogP contribution in [-0.4, -0.2) is 6.04 Å². The van der Waals surface area contributed by atoms with Gasteiger partial charge in [-0.2, -0.15) is 0 Å². The number of halogens is 4. The van der Waals surface area contributed by atoms with Crippen LogP contribution in [0.3, 0.4) is 0 Å². The van der Waals surface area contributed by atoms with Crippen LogP contribution in [0.4, 0.5) is 8.78 Å². The number of hydrogen-bond acceptors (Lipinski definition) is 1. The van der Waals surface area contributed by atoms with Crippen molar-refractivity contribution in [2.45, 2.75) is 18.9 Å². The second-order valence-electron chi connectivity index (χ2n) is 4.58. The molecule has 5 heteroatoms. The molecule has 20 heavy (non-hydrogen) atoms. The third-order valence-corrected chi connectivity index (χ3v) is 4.43. The van der Waals surface area contributed by atoms with E-state index >= 15 is 0 Å². The van der Waals surface area contributed by atoms with Crippen LogP contribution in [0.15, 0.2) is 45.3 Å². The first-order chi connectivity index (χ1) is 9.49. The Morgan fingerprint density at radius 3 is 2.35 bits per heavy atom. The molecule has 106 valence electrons. The molecule has 2 aromatic rings. The normalized spacial score (nSPS) is 12.4. The Morgan fingerprint density at radius 1 is 0.950 bits per heavy atom. The minimum atomic E-state index is -0.576. The van der Waals surface area contributed by atoms with Crippen molar-refractivity contribution in [3.8, 4) is 0 Å². The van der Waals surface area contributed by atoms with E-state index in [1.165, 1.54) is 12.1 Å². The number of benzene rings is 2. The second kappa shape index (κ2) is 6.78. The first kappa shape index (κ1) is 15.6. The van der Waals surface area contributed by atoms with Gasteiger partial charge >= 0.3 is 0 Å². The van der Waals surface area contributed by atoms with Gasteiger partial charge in [-0.3, -0.25) is 0 Å². The van der Waals surface area contributed by atoms with E-state index in [1.807, 2.05) is 24.3 Å². The van der Waals surface area contributed by atoms with E-state index in [4.69, 9.17) is 5.73 Å². The van der Waals surface area contributed by atoms with E-state index in [9.17, 15) is 8.78 Å². The number of rotatable bonds is 4. The summed E-state index contributed by atoms with van der Waals surface area (Å²) in [7, 11) is 0. The Bertz CT molecular complexity index is 617. The fourth-order valence-electron chi connectivity index (χ4n) is 2.04. The summed E-state index contributed by atoms with van der Waals surface area (Å²) in [6.07, 6.45) is 0.700. The lowest BCUT2D eigenvalue weighted by Gasteiger charge is -2.14. The zero-order chi connectivity index (χ0) is 14.7. The summed E-state index contributed by atoms with van der Waals surface area (Å²) >= 11 is 6.50. The largest absolute Gasteiger partial charge is 0.327 e. The van der Waals surface area contributed by atoms with Crippen LogP contribution in [0.25, 0.3) is 0 Å². The molecule has 0 radical (unpaired) electrons. The SMILES string of the molecule is NC(Cc1ccccc1Br)Cc1c(F)ccc(Br)c1F. The van der Waals surface area contributed by atoms with Crippen molar-refractivity contribution >= 4 is 31.9 Å². The van der Waals surface area contributed by atoms with Gasteiger partial charge in [0.25, 0.3) is 0 Å². The topological polar surface area (TPSA) is 26.0 Å². The lowest BCUT2D eigenvalue weighted by molar-refractivity contribution is 0.530.